The van der Waals surface area contributed by atoms with Gasteiger partial charge in [-0.2, -0.15) is 0 Å². The molecule has 0 amide bonds. The van der Waals surface area contributed by atoms with Crippen LogP contribution in [0.4, 0.5) is 0 Å². The van der Waals surface area contributed by atoms with Crippen LogP contribution in [0.3, 0.4) is 0 Å². The van der Waals surface area contributed by atoms with Crippen LogP contribution in [0.15, 0.2) is 42.6 Å². The van der Waals surface area contributed by atoms with Gasteiger partial charge in [0.1, 0.15) is 11.3 Å². The largest absolute Gasteiger partial charge is 0.297 e. The molecule has 1 aromatic carbocycles. The van der Waals surface area contributed by atoms with E-state index in [-0.39, 0.29) is 0 Å². The summed E-state index contributed by atoms with van der Waals surface area (Å²) >= 11 is 0. The van der Waals surface area contributed by atoms with E-state index < -0.39 is 0 Å². The summed E-state index contributed by atoms with van der Waals surface area (Å²) in [6, 6.07) is 12.5. The number of pyridine rings is 1. The maximum absolute atomic E-state index is 11.4. The van der Waals surface area contributed by atoms with E-state index in [4.69, 9.17) is 0 Å². The quantitative estimate of drug-likeness (QED) is 0.683. The minimum absolute atomic E-state index is 0.647. The number of aryl methyl sites for hydroxylation is 2. The summed E-state index contributed by atoms with van der Waals surface area (Å²) in [7, 11) is 0. The summed E-state index contributed by atoms with van der Waals surface area (Å²) < 4.78 is 1.87. The van der Waals surface area contributed by atoms with E-state index in [1.807, 2.05) is 29.7 Å². The lowest BCUT2D eigenvalue weighted by atomic mass is 10.1. The average molecular weight is 278 g/mol. The van der Waals surface area contributed by atoms with Gasteiger partial charge in [-0.05, 0) is 36.1 Å². The fourth-order valence-corrected chi connectivity index (χ4v) is 2.61. The second-order valence-corrected chi connectivity index (χ2v) is 5.29. The fourth-order valence-electron chi connectivity index (χ4n) is 2.61. The molecule has 0 aliphatic heterocycles. The van der Waals surface area contributed by atoms with Gasteiger partial charge in [0.05, 0.1) is 5.69 Å². The molecule has 0 N–H and O–H groups in total. The smallest absolute Gasteiger partial charge is 0.168 e. The molecule has 3 rings (SSSR count). The second-order valence-electron chi connectivity index (χ2n) is 5.29. The molecule has 0 fully saturated rings. The molecule has 0 saturated carbocycles. The number of benzene rings is 1. The molecule has 106 valence electrons. The van der Waals surface area contributed by atoms with Crippen molar-refractivity contribution in [3.63, 3.8) is 0 Å². The highest BCUT2D eigenvalue weighted by molar-refractivity contribution is 5.77. The molecule has 0 bridgehead atoms. The van der Waals surface area contributed by atoms with Crippen molar-refractivity contribution in [3.05, 3.63) is 70.7 Å². The van der Waals surface area contributed by atoms with Gasteiger partial charge < -0.3 is 0 Å². The number of hydrogen-bond donors (Lipinski definition) is 0. The zero-order chi connectivity index (χ0) is 14.8. The van der Waals surface area contributed by atoms with E-state index in [0.717, 1.165) is 29.6 Å². The normalized spacial score (nSPS) is 11.0. The Balaban J connectivity index is 2.03. The van der Waals surface area contributed by atoms with Crippen molar-refractivity contribution in [2.45, 2.75) is 26.7 Å². The number of nitrogens with zero attached hydrogens (tertiary/aromatic N) is 2. The molecule has 0 aliphatic carbocycles. The summed E-state index contributed by atoms with van der Waals surface area (Å²) in [5, 5.41) is 0. The second kappa shape index (κ2) is 5.52. The molecule has 0 unspecified atom stereocenters. The van der Waals surface area contributed by atoms with Crippen LogP contribution in [0.2, 0.25) is 0 Å². The maximum atomic E-state index is 11.4. The lowest BCUT2D eigenvalue weighted by Gasteiger charge is -2.01. The zero-order valence-corrected chi connectivity index (χ0v) is 12.3. The number of hydrogen-bond acceptors (Lipinski definition) is 2. The highest BCUT2D eigenvalue weighted by Gasteiger charge is 2.13. The molecule has 3 nitrogen and oxygen atoms in total. The van der Waals surface area contributed by atoms with Gasteiger partial charge in [0.25, 0.3) is 0 Å². The van der Waals surface area contributed by atoms with Gasteiger partial charge in [0.2, 0.25) is 0 Å². The molecule has 0 radical (unpaired) electrons. The Morgan fingerprint density at radius 1 is 1.14 bits per heavy atom. The van der Waals surface area contributed by atoms with Gasteiger partial charge in [-0.3, -0.25) is 9.20 Å². The summed E-state index contributed by atoms with van der Waals surface area (Å²) in [5.74, 6) is 0. The van der Waals surface area contributed by atoms with Crippen molar-refractivity contribution >= 4 is 11.9 Å². The number of aromatic nitrogens is 2. The van der Waals surface area contributed by atoms with Crippen LogP contribution >= 0.6 is 0 Å². The number of aldehydes is 1. The van der Waals surface area contributed by atoms with Gasteiger partial charge >= 0.3 is 0 Å². The van der Waals surface area contributed by atoms with Crippen LogP contribution in [0, 0.1) is 6.92 Å². The molecule has 3 heteroatoms. The van der Waals surface area contributed by atoms with Gasteiger partial charge in [-0.15, -0.1) is 0 Å². The van der Waals surface area contributed by atoms with E-state index in [0.29, 0.717) is 12.1 Å². The van der Waals surface area contributed by atoms with E-state index >= 15 is 0 Å². The van der Waals surface area contributed by atoms with Crippen LogP contribution in [0.1, 0.15) is 39.8 Å². The molecule has 0 aliphatic rings. The summed E-state index contributed by atoms with van der Waals surface area (Å²) in [4.78, 5) is 16.1. The van der Waals surface area contributed by atoms with Gasteiger partial charge in [0.15, 0.2) is 6.29 Å². The average Bonchev–Trinajstić information content (AvgIpc) is 2.87. The first-order valence-electron chi connectivity index (χ1n) is 7.22. The monoisotopic (exact) mass is 278 g/mol. The highest BCUT2D eigenvalue weighted by atomic mass is 16.1. The van der Waals surface area contributed by atoms with Crippen molar-refractivity contribution in [2.24, 2.45) is 0 Å². The molecule has 3 aromatic rings. The third-order valence-electron chi connectivity index (χ3n) is 3.87. The third-order valence-corrected chi connectivity index (χ3v) is 3.87. The molecule has 0 saturated heterocycles. The van der Waals surface area contributed by atoms with Crippen molar-refractivity contribution in [1.29, 1.82) is 0 Å². The van der Waals surface area contributed by atoms with Crippen molar-refractivity contribution < 1.29 is 4.79 Å². The molecular weight excluding hydrogens is 260 g/mol. The van der Waals surface area contributed by atoms with Crippen molar-refractivity contribution in [2.75, 3.05) is 0 Å². The fraction of sp³-hybridized carbons (Fsp3) is 0.222. The van der Waals surface area contributed by atoms with Crippen LogP contribution in [0.25, 0.3) is 5.65 Å². The van der Waals surface area contributed by atoms with Crippen LogP contribution < -0.4 is 0 Å². The van der Waals surface area contributed by atoms with Crippen molar-refractivity contribution in [1.82, 2.24) is 9.38 Å². The number of carbonyl (C=O) groups is 1. The standard InChI is InChI=1S/C18H18N2O/c1-3-14-6-8-15(9-7-14)11-16-17(12-21)20-10-4-5-13(2)18(20)19-16/h4-10,12H,3,11H2,1-2H3. The first-order valence-corrected chi connectivity index (χ1v) is 7.22. The first kappa shape index (κ1) is 13.6. The topological polar surface area (TPSA) is 34.4 Å². The molecule has 2 heterocycles. The molecule has 0 atom stereocenters. The zero-order valence-electron chi connectivity index (χ0n) is 12.3. The Labute approximate surface area is 124 Å². The maximum Gasteiger partial charge on any atom is 0.168 e. The van der Waals surface area contributed by atoms with E-state index in [1.165, 1.54) is 11.1 Å². The summed E-state index contributed by atoms with van der Waals surface area (Å²) in [6.07, 6.45) is 4.50. The SMILES string of the molecule is CCc1ccc(Cc2nc3c(C)cccn3c2C=O)cc1. The number of imidazole rings is 1. The van der Waals surface area contributed by atoms with Crippen molar-refractivity contribution in [3.8, 4) is 0 Å². The van der Waals surface area contributed by atoms with Gasteiger partial charge in [-0.25, -0.2) is 4.98 Å². The van der Waals surface area contributed by atoms with Gasteiger partial charge in [-0.1, -0.05) is 37.3 Å². The van der Waals surface area contributed by atoms with Crippen LogP contribution in [-0.4, -0.2) is 15.7 Å². The van der Waals surface area contributed by atoms with Gasteiger partial charge in [0, 0.05) is 12.6 Å². The van der Waals surface area contributed by atoms with Crippen LogP contribution in [-0.2, 0) is 12.8 Å². The number of rotatable bonds is 4. The Kier molecular flexibility index (Phi) is 3.57. The minimum Gasteiger partial charge on any atom is -0.297 e. The first-order chi connectivity index (χ1) is 10.2. The molecular formula is C18H18N2O. The number of carbonyl (C=O) groups excluding carboxylic acids is 1. The Morgan fingerprint density at radius 2 is 1.86 bits per heavy atom. The van der Waals surface area contributed by atoms with E-state index in [9.17, 15) is 4.79 Å². The Morgan fingerprint density at radius 3 is 2.52 bits per heavy atom. The predicted molar refractivity (Wildman–Crippen MR) is 83.9 cm³/mol. The molecule has 21 heavy (non-hydrogen) atoms. The lowest BCUT2D eigenvalue weighted by Crippen LogP contribution is -1.96. The highest BCUT2D eigenvalue weighted by Crippen LogP contribution is 2.18. The van der Waals surface area contributed by atoms with E-state index in [2.05, 4.69) is 36.2 Å². The molecule has 0 spiro atoms. The Hall–Kier alpha value is -2.42. The Bertz CT molecular complexity index is 785. The van der Waals surface area contributed by atoms with E-state index in [1.54, 1.807) is 0 Å². The minimum atomic E-state index is 0.647. The lowest BCUT2D eigenvalue weighted by molar-refractivity contribution is 0.111. The molecule has 2 aromatic heterocycles. The third kappa shape index (κ3) is 2.47. The summed E-state index contributed by atoms with van der Waals surface area (Å²) in [5.41, 5.74) is 5.92. The number of fused-ring (bicyclic) bond motifs is 1. The predicted octanol–water partition coefficient (Wildman–Crippen LogP) is 3.61. The summed E-state index contributed by atoms with van der Waals surface area (Å²) in [6.45, 7) is 4.15. The van der Waals surface area contributed by atoms with Crippen LogP contribution in [0.5, 0.6) is 0 Å².